The van der Waals surface area contributed by atoms with E-state index in [2.05, 4.69) is 41.6 Å². The molecule has 288 valence electrons. The first-order chi connectivity index (χ1) is 25.0. The molecule has 5 N–H and O–H groups in total. The van der Waals surface area contributed by atoms with Crippen molar-refractivity contribution >= 4 is 93.4 Å². The number of carbonyl (C=O) groups is 6. The smallest absolute Gasteiger partial charge is 0.408 e. The highest BCUT2D eigenvalue weighted by Crippen LogP contribution is 2.42. The van der Waals surface area contributed by atoms with Gasteiger partial charge in [0.2, 0.25) is 6.41 Å². The number of carboxylic acids is 1. The van der Waals surface area contributed by atoms with Gasteiger partial charge in [-0.1, -0.05) is 28.3 Å². The molecule has 2 aliphatic heterocycles. The van der Waals surface area contributed by atoms with Gasteiger partial charge in [-0.05, 0) is 47.1 Å². The number of aromatic nitrogens is 3. The molecule has 4 rings (SSSR count). The number of amides is 5. The number of ether oxygens (including phenoxy) is 2. The Hall–Kier alpha value is -4.48. The molecule has 1 saturated heterocycles. The van der Waals surface area contributed by atoms with E-state index in [1.54, 1.807) is 41.5 Å². The Morgan fingerprint density at radius 3 is 2.45 bits per heavy atom. The average molecular weight is 814 g/mol. The van der Waals surface area contributed by atoms with Crippen LogP contribution in [0, 0.1) is 0 Å². The zero-order valence-electron chi connectivity index (χ0n) is 29.5. The minimum Gasteiger partial charge on any atom is -0.477 e. The number of nitrogens with one attached hydrogen (secondary N) is 4. The van der Waals surface area contributed by atoms with Crippen LogP contribution in [-0.4, -0.2) is 115 Å². The van der Waals surface area contributed by atoms with Gasteiger partial charge in [0.1, 0.15) is 45.6 Å². The molecule has 2 aromatic heterocycles. The molecule has 0 spiro atoms. The number of hydrogen-bond acceptors (Lipinski definition) is 17. The number of oxime groups is 1. The van der Waals surface area contributed by atoms with Gasteiger partial charge in [-0.2, -0.15) is 0 Å². The molecule has 1 fully saturated rings. The third-order valence-electron chi connectivity index (χ3n) is 6.52. The van der Waals surface area contributed by atoms with Crippen molar-refractivity contribution in [2.75, 3.05) is 30.0 Å². The molecule has 0 radical (unpaired) electrons. The second-order valence-corrected chi connectivity index (χ2v) is 17.3. The van der Waals surface area contributed by atoms with Crippen LogP contribution >= 0.6 is 46.2 Å². The van der Waals surface area contributed by atoms with Crippen molar-refractivity contribution in [1.82, 2.24) is 36.0 Å². The fraction of sp³-hybridized carbons (Fsp3) is 0.533. The summed E-state index contributed by atoms with van der Waals surface area (Å²) in [6.45, 7) is 10.8. The maximum atomic E-state index is 13.5. The molecule has 4 heterocycles. The summed E-state index contributed by atoms with van der Waals surface area (Å²) in [5, 5.41) is 33.9. The molecule has 0 aliphatic carbocycles. The fourth-order valence-corrected chi connectivity index (χ4v) is 8.41. The van der Waals surface area contributed by atoms with Gasteiger partial charge in [0.25, 0.3) is 11.8 Å². The summed E-state index contributed by atoms with van der Waals surface area (Å²) < 4.78 is 10.9. The van der Waals surface area contributed by atoms with Crippen LogP contribution in [0.25, 0.3) is 0 Å². The van der Waals surface area contributed by atoms with Gasteiger partial charge >= 0.3 is 18.2 Å². The van der Waals surface area contributed by atoms with Gasteiger partial charge in [0, 0.05) is 29.9 Å². The van der Waals surface area contributed by atoms with Gasteiger partial charge < -0.3 is 40.7 Å². The number of anilines is 1. The second kappa shape index (κ2) is 18.0. The molecular formula is C30H39N9O10S4. The number of carboxylic acid groups (broad SMARTS) is 1. The Morgan fingerprint density at radius 1 is 1.09 bits per heavy atom. The second-order valence-electron chi connectivity index (χ2n) is 13.1. The molecule has 2 aliphatic rings. The van der Waals surface area contributed by atoms with E-state index in [4.69, 9.17) is 14.3 Å². The lowest BCUT2D eigenvalue weighted by atomic mass is 10.0. The summed E-state index contributed by atoms with van der Waals surface area (Å²) in [5.41, 5.74) is -1.21. The van der Waals surface area contributed by atoms with Crippen LogP contribution in [0.3, 0.4) is 0 Å². The maximum Gasteiger partial charge on any atom is 0.408 e. The van der Waals surface area contributed by atoms with Gasteiger partial charge in [0.05, 0.1) is 6.54 Å². The van der Waals surface area contributed by atoms with E-state index < -0.39 is 52.6 Å². The molecular weight excluding hydrogens is 775 g/mol. The first-order valence-corrected chi connectivity index (χ1v) is 19.6. The minimum atomic E-state index is -1.29. The number of alkyl carbamates (subject to hydrolysis) is 2. The van der Waals surface area contributed by atoms with Crippen LogP contribution in [0.1, 0.15) is 58.7 Å². The van der Waals surface area contributed by atoms with Crippen molar-refractivity contribution in [3.63, 3.8) is 0 Å². The van der Waals surface area contributed by atoms with Crippen LogP contribution < -0.4 is 21.3 Å². The third-order valence-corrected chi connectivity index (χ3v) is 10.8. The van der Waals surface area contributed by atoms with Gasteiger partial charge in [-0.15, -0.1) is 33.3 Å². The highest BCUT2D eigenvalue weighted by molar-refractivity contribution is 8.01. The molecule has 2 aromatic rings. The SMILES string of the molecule is CC(C)(C)OC(=O)NCCCON=C(C(=O)NC1C(=O)N2C(C(=O)O)=C(CSc3nnc(CNC(=O)OC(C)(C)C)s3)CS[C@@H]12)c1csc(NC=O)n1. The summed E-state index contributed by atoms with van der Waals surface area (Å²) in [6, 6.07) is -1.08. The van der Waals surface area contributed by atoms with Crippen molar-refractivity contribution in [1.29, 1.82) is 0 Å². The van der Waals surface area contributed by atoms with E-state index in [0.717, 1.165) is 16.2 Å². The number of carbonyl (C=O) groups excluding carboxylic acids is 5. The molecule has 5 amide bonds. The van der Waals surface area contributed by atoms with Crippen LogP contribution in [-0.2, 0) is 40.0 Å². The van der Waals surface area contributed by atoms with Gasteiger partial charge in [-0.3, -0.25) is 19.3 Å². The maximum absolute atomic E-state index is 13.5. The lowest BCUT2D eigenvalue weighted by molar-refractivity contribution is -0.150. The van der Waals surface area contributed by atoms with Crippen molar-refractivity contribution < 1.29 is 48.2 Å². The number of aliphatic carboxylic acids is 1. The van der Waals surface area contributed by atoms with E-state index in [0.29, 0.717) is 27.8 Å². The molecule has 23 heteroatoms. The summed E-state index contributed by atoms with van der Waals surface area (Å²) in [6.07, 6.45) is -0.448. The quantitative estimate of drug-likeness (QED) is 0.0408. The highest BCUT2D eigenvalue weighted by Gasteiger charge is 2.54. The average Bonchev–Trinajstić information content (AvgIpc) is 3.72. The summed E-state index contributed by atoms with van der Waals surface area (Å²) in [7, 11) is 0. The van der Waals surface area contributed by atoms with Crippen LogP contribution in [0.2, 0.25) is 0 Å². The predicted molar refractivity (Wildman–Crippen MR) is 197 cm³/mol. The Morgan fingerprint density at radius 2 is 1.79 bits per heavy atom. The molecule has 0 saturated carbocycles. The van der Waals surface area contributed by atoms with E-state index in [1.807, 2.05) is 0 Å². The number of nitrogens with zero attached hydrogens (tertiary/aromatic N) is 5. The predicted octanol–water partition coefficient (Wildman–Crippen LogP) is 2.75. The van der Waals surface area contributed by atoms with Crippen molar-refractivity contribution in [3.05, 3.63) is 27.4 Å². The minimum absolute atomic E-state index is 0.000331. The van der Waals surface area contributed by atoms with Crippen LogP contribution in [0.4, 0.5) is 14.7 Å². The molecule has 19 nitrogen and oxygen atoms in total. The fourth-order valence-electron chi connectivity index (χ4n) is 4.44. The Balaban J connectivity index is 1.37. The number of rotatable bonds is 16. The van der Waals surface area contributed by atoms with Crippen LogP contribution in [0.5, 0.6) is 0 Å². The number of thiazole rings is 1. The molecule has 2 atom stereocenters. The summed E-state index contributed by atoms with van der Waals surface area (Å²) in [5.74, 6) is -2.27. The third kappa shape index (κ3) is 12.0. The number of β-lactam (4-membered cyclic amide) rings is 1. The zero-order valence-corrected chi connectivity index (χ0v) is 32.8. The molecule has 0 aromatic carbocycles. The first kappa shape index (κ1) is 41.3. The van der Waals surface area contributed by atoms with E-state index >= 15 is 0 Å². The van der Waals surface area contributed by atoms with Gasteiger partial charge in [-0.25, -0.2) is 19.4 Å². The normalized spacial score (nSPS) is 17.3. The number of fused-ring (bicyclic) bond motifs is 1. The highest BCUT2D eigenvalue weighted by atomic mass is 32.2. The zero-order chi connectivity index (χ0) is 38.9. The van der Waals surface area contributed by atoms with Crippen LogP contribution in [0.15, 0.2) is 26.1 Å². The largest absolute Gasteiger partial charge is 0.477 e. The first-order valence-electron chi connectivity index (χ1n) is 15.9. The van der Waals surface area contributed by atoms with Crippen molar-refractivity contribution in [2.45, 2.75) is 81.5 Å². The van der Waals surface area contributed by atoms with E-state index in [-0.39, 0.29) is 53.4 Å². The lowest BCUT2D eigenvalue weighted by Crippen LogP contribution is -2.71. The molecule has 53 heavy (non-hydrogen) atoms. The standard InChI is InChI=1S/C30H39N9O10S4/c1-29(2,3)48-26(45)31-8-7-9-47-38-18(16-13-51-25(34-16)33-14-40)21(41)35-19-22(42)39-20(24(43)44)15(11-50-23(19)39)12-52-28-37-36-17(53-28)10-32-27(46)49-30(4,5)6/h13-14,19,23H,7-12H2,1-6H3,(H,31,45)(H,32,46)(H,35,41)(H,43,44)(H,33,34,40)/t19?,23-/m0/s1. The topological polar surface area (TPSA) is 253 Å². The number of hydrogen-bond donors (Lipinski definition) is 5. The Bertz CT molecular complexity index is 1770. The Kier molecular flexibility index (Phi) is 14.0. The van der Waals surface area contributed by atoms with E-state index in [1.165, 1.54) is 40.2 Å². The van der Waals surface area contributed by atoms with Gasteiger partial charge in [0.15, 0.2) is 15.2 Å². The number of thioether (sulfide) groups is 2. The monoisotopic (exact) mass is 813 g/mol. The Labute approximate surface area is 320 Å². The summed E-state index contributed by atoms with van der Waals surface area (Å²) >= 11 is 4.79. The van der Waals surface area contributed by atoms with Crippen molar-refractivity contribution in [2.24, 2.45) is 5.16 Å². The lowest BCUT2D eigenvalue weighted by Gasteiger charge is -2.49. The van der Waals surface area contributed by atoms with Crippen molar-refractivity contribution in [3.8, 4) is 0 Å². The molecule has 0 bridgehead atoms. The molecule has 1 unspecified atom stereocenters. The van der Waals surface area contributed by atoms with E-state index in [9.17, 15) is 33.9 Å². The summed E-state index contributed by atoms with van der Waals surface area (Å²) in [4.78, 5) is 84.6.